The van der Waals surface area contributed by atoms with Crippen molar-refractivity contribution in [3.8, 4) is 0 Å². The molecule has 0 saturated heterocycles. The van der Waals surface area contributed by atoms with Gasteiger partial charge in [-0.1, -0.05) is 13.8 Å². The van der Waals surface area contributed by atoms with Crippen LogP contribution in [0.2, 0.25) is 0 Å². The second-order valence-electron chi connectivity index (χ2n) is 7.18. The van der Waals surface area contributed by atoms with Crippen LogP contribution in [0.3, 0.4) is 0 Å². The second-order valence-corrected chi connectivity index (χ2v) is 7.18. The third kappa shape index (κ3) is 4.43. The first-order chi connectivity index (χ1) is 9.81. The van der Waals surface area contributed by atoms with E-state index in [9.17, 15) is 14.7 Å². The average Bonchev–Trinajstić information content (AvgIpc) is 3.03. The molecule has 5 heteroatoms. The van der Waals surface area contributed by atoms with Gasteiger partial charge in [0.2, 0.25) is 11.8 Å². The Morgan fingerprint density at radius 2 is 1.95 bits per heavy atom. The molecule has 2 saturated carbocycles. The zero-order valence-electron chi connectivity index (χ0n) is 13.4. The van der Waals surface area contributed by atoms with Gasteiger partial charge in [-0.15, -0.1) is 0 Å². The molecule has 0 aromatic carbocycles. The first-order valence-corrected chi connectivity index (χ1v) is 8.05. The molecule has 0 aliphatic heterocycles. The SMILES string of the molecule is CC(C)C1CC(C(=O)N(C)CCNC(=O)CC2(O)CC2)C1. The summed E-state index contributed by atoms with van der Waals surface area (Å²) in [6.45, 7) is 5.40. The number of likely N-dealkylation sites (N-methyl/N-ethyl adjacent to an activating group) is 1. The van der Waals surface area contributed by atoms with Crippen LogP contribution in [0.15, 0.2) is 0 Å². The summed E-state index contributed by atoms with van der Waals surface area (Å²) in [6, 6.07) is 0. The maximum absolute atomic E-state index is 12.2. The smallest absolute Gasteiger partial charge is 0.225 e. The fourth-order valence-corrected chi connectivity index (χ4v) is 2.88. The van der Waals surface area contributed by atoms with Crippen LogP contribution in [0.1, 0.15) is 46.0 Å². The predicted molar refractivity (Wildman–Crippen MR) is 80.5 cm³/mol. The van der Waals surface area contributed by atoms with Crippen molar-refractivity contribution in [2.75, 3.05) is 20.1 Å². The number of nitrogens with one attached hydrogen (secondary N) is 1. The van der Waals surface area contributed by atoms with Gasteiger partial charge in [0.1, 0.15) is 0 Å². The number of carbonyl (C=O) groups is 2. The Hall–Kier alpha value is -1.10. The van der Waals surface area contributed by atoms with Crippen molar-refractivity contribution in [3.63, 3.8) is 0 Å². The van der Waals surface area contributed by atoms with E-state index < -0.39 is 5.60 Å². The van der Waals surface area contributed by atoms with Crippen LogP contribution < -0.4 is 5.32 Å². The zero-order valence-corrected chi connectivity index (χ0v) is 13.4. The van der Waals surface area contributed by atoms with Crippen molar-refractivity contribution in [1.82, 2.24) is 10.2 Å². The highest BCUT2D eigenvalue weighted by atomic mass is 16.3. The molecule has 2 N–H and O–H groups in total. The third-order valence-corrected chi connectivity index (χ3v) is 4.93. The van der Waals surface area contributed by atoms with Crippen LogP contribution in [0.4, 0.5) is 0 Å². The van der Waals surface area contributed by atoms with E-state index in [1.165, 1.54) is 0 Å². The van der Waals surface area contributed by atoms with Gasteiger partial charge in [0, 0.05) is 26.1 Å². The Morgan fingerprint density at radius 3 is 2.48 bits per heavy atom. The number of aliphatic hydroxyl groups is 1. The summed E-state index contributed by atoms with van der Waals surface area (Å²) in [6.07, 6.45) is 3.62. The molecule has 0 aromatic rings. The largest absolute Gasteiger partial charge is 0.389 e. The monoisotopic (exact) mass is 296 g/mol. The molecule has 5 nitrogen and oxygen atoms in total. The van der Waals surface area contributed by atoms with Gasteiger partial charge in [-0.05, 0) is 37.5 Å². The lowest BCUT2D eigenvalue weighted by Crippen LogP contribution is -2.44. The summed E-state index contributed by atoms with van der Waals surface area (Å²) in [4.78, 5) is 25.5. The van der Waals surface area contributed by atoms with E-state index in [0.717, 1.165) is 25.7 Å². The number of carbonyl (C=O) groups excluding carboxylic acids is 2. The van der Waals surface area contributed by atoms with Gasteiger partial charge in [-0.25, -0.2) is 0 Å². The fourth-order valence-electron chi connectivity index (χ4n) is 2.88. The lowest BCUT2D eigenvalue weighted by molar-refractivity contribution is -0.139. The lowest BCUT2D eigenvalue weighted by atomic mass is 9.69. The highest BCUT2D eigenvalue weighted by molar-refractivity contribution is 5.80. The van der Waals surface area contributed by atoms with Crippen LogP contribution in [0.5, 0.6) is 0 Å². The predicted octanol–water partition coefficient (Wildman–Crippen LogP) is 1.16. The summed E-state index contributed by atoms with van der Waals surface area (Å²) in [7, 11) is 1.80. The molecule has 0 atom stereocenters. The summed E-state index contributed by atoms with van der Waals surface area (Å²) in [5.74, 6) is 1.59. The number of rotatable bonds is 7. The highest BCUT2D eigenvalue weighted by Gasteiger charge is 2.42. The molecular formula is C16H28N2O3. The first-order valence-electron chi connectivity index (χ1n) is 8.05. The van der Waals surface area contributed by atoms with Gasteiger partial charge in [0.15, 0.2) is 0 Å². The van der Waals surface area contributed by atoms with Gasteiger partial charge in [-0.2, -0.15) is 0 Å². The van der Waals surface area contributed by atoms with Crippen molar-refractivity contribution in [2.24, 2.45) is 17.8 Å². The van der Waals surface area contributed by atoms with Gasteiger partial charge in [0.05, 0.1) is 12.0 Å². The third-order valence-electron chi connectivity index (χ3n) is 4.93. The Labute approximate surface area is 127 Å². The molecule has 0 aromatic heterocycles. The number of nitrogens with zero attached hydrogens (tertiary/aromatic N) is 1. The van der Waals surface area contributed by atoms with E-state index >= 15 is 0 Å². The molecule has 120 valence electrons. The Kier molecular flexibility index (Phi) is 4.91. The Bertz CT molecular complexity index is 398. The minimum atomic E-state index is -0.746. The number of hydrogen-bond donors (Lipinski definition) is 2. The minimum Gasteiger partial charge on any atom is -0.389 e. The molecule has 2 aliphatic rings. The van der Waals surface area contributed by atoms with E-state index in [-0.39, 0.29) is 24.2 Å². The summed E-state index contributed by atoms with van der Waals surface area (Å²) in [5.41, 5.74) is -0.746. The molecule has 0 radical (unpaired) electrons. The topological polar surface area (TPSA) is 69.6 Å². The summed E-state index contributed by atoms with van der Waals surface area (Å²) >= 11 is 0. The zero-order chi connectivity index (χ0) is 15.6. The average molecular weight is 296 g/mol. The minimum absolute atomic E-state index is 0.126. The van der Waals surface area contributed by atoms with E-state index in [1.54, 1.807) is 11.9 Å². The van der Waals surface area contributed by atoms with E-state index in [1.807, 2.05) is 0 Å². The quantitative estimate of drug-likeness (QED) is 0.740. The van der Waals surface area contributed by atoms with Crippen molar-refractivity contribution in [2.45, 2.75) is 51.6 Å². The van der Waals surface area contributed by atoms with E-state index in [2.05, 4.69) is 19.2 Å². The molecule has 2 fully saturated rings. The summed E-state index contributed by atoms with van der Waals surface area (Å²) in [5, 5.41) is 12.4. The molecule has 2 amide bonds. The standard InChI is InChI=1S/C16H28N2O3/c1-11(2)12-8-13(9-12)15(20)18(3)7-6-17-14(19)10-16(21)4-5-16/h11-13,21H,4-10H2,1-3H3,(H,17,19). The Morgan fingerprint density at radius 1 is 1.33 bits per heavy atom. The molecule has 0 heterocycles. The molecular weight excluding hydrogens is 268 g/mol. The van der Waals surface area contributed by atoms with Crippen molar-refractivity contribution in [1.29, 1.82) is 0 Å². The van der Waals surface area contributed by atoms with Gasteiger partial charge >= 0.3 is 0 Å². The van der Waals surface area contributed by atoms with Crippen molar-refractivity contribution < 1.29 is 14.7 Å². The maximum Gasteiger partial charge on any atom is 0.225 e. The molecule has 0 unspecified atom stereocenters. The summed E-state index contributed by atoms with van der Waals surface area (Å²) < 4.78 is 0. The molecule has 2 aliphatic carbocycles. The molecule has 21 heavy (non-hydrogen) atoms. The van der Waals surface area contributed by atoms with Crippen LogP contribution in [-0.4, -0.2) is 47.6 Å². The number of amides is 2. The second kappa shape index (κ2) is 6.34. The van der Waals surface area contributed by atoms with Gasteiger partial charge in [-0.3, -0.25) is 9.59 Å². The first kappa shape index (κ1) is 16.3. The van der Waals surface area contributed by atoms with Crippen LogP contribution >= 0.6 is 0 Å². The Balaban J connectivity index is 1.60. The normalized spacial score (nSPS) is 26.1. The van der Waals surface area contributed by atoms with Crippen LogP contribution in [0.25, 0.3) is 0 Å². The highest BCUT2D eigenvalue weighted by Crippen LogP contribution is 2.39. The molecule has 2 rings (SSSR count). The van der Waals surface area contributed by atoms with Crippen LogP contribution in [-0.2, 0) is 9.59 Å². The van der Waals surface area contributed by atoms with E-state index in [4.69, 9.17) is 0 Å². The van der Waals surface area contributed by atoms with Gasteiger partial charge in [0.25, 0.3) is 0 Å². The van der Waals surface area contributed by atoms with Gasteiger partial charge < -0.3 is 15.3 Å². The van der Waals surface area contributed by atoms with Crippen LogP contribution in [0, 0.1) is 17.8 Å². The lowest BCUT2D eigenvalue weighted by Gasteiger charge is -2.38. The van der Waals surface area contributed by atoms with Crippen molar-refractivity contribution >= 4 is 11.8 Å². The van der Waals surface area contributed by atoms with Crippen molar-refractivity contribution in [3.05, 3.63) is 0 Å². The molecule has 0 spiro atoms. The molecule has 0 bridgehead atoms. The maximum atomic E-state index is 12.2. The fraction of sp³-hybridized carbons (Fsp3) is 0.875. The number of hydrogen-bond acceptors (Lipinski definition) is 3. The van der Waals surface area contributed by atoms with E-state index in [0.29, 0.717) is 24.9 Å².